The van der Waals surface area contributed by atoms with Crippen LogP contribution in [0.1, 0.15) is 32.0 Å². The maximum atomic E-state index is 12.6. The molecule has 3 aromatic rings. The van der Waals surface area contributed by atoms with Crippen LogP contribution in [0, 0.1) is 6.92 Å². The van der Waals surface area contributed by atoms with Crippen molar-refractivity contribution in [1.29, 1.82) is 0 Å². The summed E-state index contributed by atoms with van der Waals surface area (Å²) < 4.78 is 0. The van der Waals surface area contributed by atoms with Gasteiger partial charge in [0, 0.05) is 18.2 Å². The van der Waals surface area contributed by atoms with Gasteiger partial charge in [-0.1, -0.05) is 23.7 Å². The van der Waals surface area contributed by atoms with E-state index in [1.54, 1.807) is 42.6 Å². The number of hydrogen-bond donors (Lipinski definition) is 2. The van der Waals surface area contributed by atoms with Crippen LogP contribution >= 0.6 is 11.6 Å². The molecule has 0 unspecified atom stereocenters. The third-order valence-corrected chi connectivity index (χ3v) is 4.32. The minimum absolute atomic E-state index is 0.0317. The zero-order valence-corrected chi connectivity index (χ0v) is 15.2. The lowest BCUT2D eigenvalue weighted by Gasteiger charge is -2.10. The topological polar surface area (TPSA) is 111 Å². The van der Waals surface area contributed by atoms with E-state index in [9.17, 15) is 9.59 Å². The lowest BCUT2D eigenvalue weighted by Crippen LogP contribution is -2.14. The number of Topliss-reactive ketones (excluding diaryl/α,β-unsaturated/α-hetero) is 1. The summed E-state index contributed by atoms with van der Waals surface area (Å²) in [7, 11) is 0. The normalized spacial score (nSPS) is 10.4. The summed E-state index contributed by atoms with van der Waals surface area (Å²) in [5.41, 5.74) is 7.67. The SMILES string of the molecule is Cc1ccc(C(=O)Nc2ccccn2)cc1CC(=O)c1ncnc(N)c1Cl. The number of amides is 1. The van der Waals surface area contributed by atoms with Gasteiger partial charge in [-0.3, -0.25) is 9.59 Å². The number of hydrogen-bond acceptors (Lipinski definition) is 6. The van der Waals surface area contributed by atoms with Crippen LogP contribution in [0.15, 0.2) is 48.9 Å². The van der Waals surface area contributed by atoms with Crippen molar-refractivity contribution in [1.82, 2.24) is 15.0 Å². The van der Waals surface area contributed by atoms with E-state index in [1.165, 1.54) is 6.33 Å². The highest BCUT2D eigenvalue weighted by Crippen LogP contribution is 2.22. The Morgan fingerprint density at radius 2 is 1.96 bits per heavy atom. The van der Waals surface area contributed by atoms with Crippen LogP contribution in [0.4, 0.5) is 11.6 Å². The average molecular weight is 382 g/mol. The van der Waals surface area contributed by atoms with Crippen molar-refractivity contribution in [2.45, 2.75) is 13.3 Å². The van der Waals surface area contributed by atoms with Crippen LogP contribution < -0.4 is 11.1 Å². The zero-order valence-electron chi connectivity index (χ0n) is 14.4. The maximum absolute atomic E-state index is 12.6. The molecule has 27 heavy (non-hydrogen) atoms. The summed E-state index contributed by atoms with van der Waals surface area (Å²) in [6.45, 7) is 1.86. The van der Waals surface area contributed by atoms with Gasteiger partial charge < -0.3 is 11.1 Å². The molecule has 3 rings (SSSR count). The highest BCUT2D eigenvalue weighted by atomic mass is 35.5. The number of nitrogens with two attached hydrogens (primary N) is 1. The third-order valence-electron chi connectivity index (χ3n) is 3.95. The number of ketones is 1. The fourth-order valence-electron chi connectivity index (χ4n) is 2.46. The fraction of sp³-hybridized carbons (Fsp3) is 0.105. The molecule has 1 aromatic carbocycles. The summed E-state index contributed by atoms with van der Waals surface area (Å²) in [4.78, 5) is 36.7. The van der Waals surface area contributed by atoms with Crippen LogP contribution in [0.5, 0.6) is 0 Å². The first kappa shape index (κ1) is 18.5. The van der Waals surface area contributed by atoms with Crippen molar-refractivity contribution < 1.29 is 9.59 Å². The summed E-state index contributed by atoms with van der Waals surface area (Å²) in [5.74, 6) is -0.120. The van der Waals surface area contributed by atoms with Crippen molar-refractivity contribution in [3.63, 3.8) is 0 Å². The van der Waals surface area contributed by atoms with Crippen LogP contribution in [0.25, 0.3) is 0 Å². The quantitative estimate of drug-likeness (QED) is 0.657. The highest BCUT2D eigenvalue weighted by Gasteiger charge is 2.17. The largest absolute Gasteiger partial charge is 0.382 e. The number of rotatable bonds is 5. The van der Waals surface area contributed by atoms with Gasteiger partial charge >= 0.3 is 0 Å². The lowest BCUT2D eigenvalue weighted by atomic mass is 9.99. The molecule has 2 heterocycles. The fourth-order valence-corrected chi connectivity index (χ4v) is 2.67. The monoisotopic (exact) mass is 381 g/mol. The Morgan fingerprint density at radius 1 is 1.15 bits per heavy atom. The summed E-state index contributed by atoms with van der Waals surface area (Å²) in [5, 5.41) is 2.74. The molecule has 2 aromatic heterocycles. The Balaban J connectivity index is 1.82. The average Bonchev–Trinajstić information content (AvgIpc) is 2.66. The van der Waals surface area contributed by atoms with E-state index in [0.29, 0.717) is 16.9 Å². The molecular weight excluding hydrogens is 366 g/mol. The third kappa shape index (κ3) is 4.27. The molecule has 0 fully saturated rings. The predicted molar refractivity (Wildman–Crippen MR) is 103 cm³/mol. The number of halogens is 1. The summed E-state index contributed by atoms with van der Waals surface area (Å²) >= 11 is 6.02. The predicted octanol–water partition coefficient (Wildman–Crippen LogP) is 3.09. The van der Waals surface area contributed by atoms with E-state index < -0.39 is 0 Å². The van der Waals surface area contributed by atoms with Crippen LogP contribution in [0.2, 0.25) is 5.02 Å². The molecule has 8 heteroatoms. The number of aryl methyl sites for hydroxylation is 1. The molecule has 7 nitrogen and oxygen atoms in total. The van der Waals surface area contributed by atoms with Crippen molar-refractivity contribution in [2.24, 2.45) is 0 Å². The molecule has 0 atom stereocenters. The smallest absolute Gasteiger partial charge is 0.256 e. The molecule has 3 N–H and O–H groups in total. The molecule has 0 spiro atoms. The van der Waals surface area contributed by atoms with E-state index in [1.807, 2.05) is 6.92 Å². The van der Waals surface area contributed by atoms with Gasteiger partial charge in [0.05, 0.1) is 0 Å². The van der Waals surface area contributed by atoms with Crippen LogP contribution in [-0.2, 0) is 6.42 Å². The van der Waals surface area contributed by atoms with Gasteiger partial charge in [-0.25, -0.2) is 15.0 Å². The number of aromatic nitrogens is 3. The number of benzene rings is 1. The summed E-state index contributed by atoms with van der Waals surface area (Å²) in [6.07, 6.45) is 2.82. The van der Waals surface area contributed by atoms with E-state index in [4.69, 9.17) is 17.3 Å². The first-order valence-corrected chi connectivity index (χ1v) is 8.44. The number of nitrogen functional groups attached to an aromatic ring is 1. The molecular formula is C19H16ClN5O2. The van der Waals surface area contributed by atoms with Crippen molar-refractivity contribution in [2.75, 3.05) is 11.1 Å². The van der Waals surface area contributed by atoms with Crippen molar-refractivity contribution in [3.8, 4) is 0 Å². The number of nitrogens with one attached hydrogen (secondary N) is 1. The van der Waals surface area contributed by atoms with Gasteiger partial charge in [0.2, 0.25) is 0 Å². The van der Waals surface area contributed by atoms with E-state index in [0.717, 1.165) is 5.56 Å². The Labute approximate surface area is 160 Å². The molecule has 0 aliphatic carbocycles. The standard InChI is InChI=1S/C19H16ClN5O2/c1-11-5-6-12(19(27)25-15-4-2-3-7-22-15)8-13(11)9-14(26)17-16(20)18(21)24-10-23-17/h2-8,10H,9H2,1H3,(H2,21,23,24)(H,22,25,27). The number of nitrogens with zero attached hydrogens (tertiary/aromatic N) is 3. The minimum atomic E-state index is -0.313. The van der Waals surface area contributed by atoms with Gasteiger partial charge in [0.1, 0.15) is 28.7 Å². The zero-order chi connectivity index (χ0) is 19.4. The van der Waals surface area contributed by atoms with Gasteiger partial charge in [0.15, 0.2) is 5.78 Å². The van der Waals surface area contributed by atoms with E-state index in [-0.39, 0.29) is 34.6 Å². The molecule has 0 bridgehead atoms. The maximum Gasteiger partial charge on any atom is 0.256 e. The number of pyridine rings is 1. The number of carbonyl (C=O) groups is 2. The number of anilines is 2. The molecule has 0 aliphatic heterocycles. The van der Waals surface area contributed by atoms with Crippen LogP contribution in [0.3, 0.4) is 0 Å². The van der Waals surface area contributed by atoms with Gasteiger partial charge in [-0.2, -0.15) is 0 Å². The van der Waals surface area contributed by atoms with Gasteiger partial charge in [0.25, 0.3) is 5.91 Å². The van der Waals surface area contributed by atoms with E-state index in [2.05, 4.69) is 20.3 Å². The Kier molecular flexibility index (Phi) is 5.42. The molecule has 0 saturated carbocycles. The molecule has 0 radical (unpaired) electrons. The van der Waals surface area contributed by atoms with Crippen LogP contribution in [-0.4, -0.2) is 26.6 Å². The molecule has 0 aliphatic rings. The minimum Gasteiger partial charge on any atom is -0.382 e. The van der Waals surface area contributed by atoms with E-state index >= 15 is 0 Å². The first-order chi connectivity index (χ1) is 13.0. The lowest BCUT2D eigenvalue weighted by molar-refractivity contribution is 0.0984. The second kappa shape index (κ2) is 7.92. The molecule has 1 amide bonds. The van der Waals surface area contributed by atoms with Crippen molar-refractivity contribution in [3.05, 3.63) is 76.3 Å². The Bertz CT molecular complexity index is 1010. The Morgan fingerprint density at radius 3 is 2.70 bits per heavy atom. The highest BCUT2D eigenvalue weighted by molar-refractivity contribution is 6.35. The van der Waals surface area contributed by atoms with Gasteiger partial charge in [-0.15, -0.1) is 0 Å². The second-order valence-electron chi connectivity index (χ2n) is 5.83. The molecule has 0 saturated heterocycles. The number of carbonyl (C=O) groups excluding carboxylic acids is 2. The first-order valence-electron chi connectivity index (χ1n) is 8.07. The molecule has 136 valence electrons. The Hall–Kier alpha value is -3.32. The summed E-state index contributed by atoms with van der Waals surface area (Å²) in [6, 6.07) is 10.4. The van der Waals surface area contributed by atoms with Gasteiger partial charge in [-0.05, 0) is 42.3 Å². The van der Waals surface area contributed by atoms with Crippen molar-refractivity contribution >= 4 is 34.9 Å². The second-order valence-corrected chi connectivity index (χ2v) is 6.21.